The smallest absolute Gasteiger partial charge is 0.280 e. The van der Waals surface area contributed by atoms with E-state index in [0.29, 0.717) is 25.9 Å². The van der Waals surface area contributed by atoms with Crippen molar-refractivity contribution in [3.63, 3.8) is 0 Å². The Bertz CT molecular complexity index is 764. The summed E-state index contributed by atoms with van der Waals surface area (Å²) in [5, 5.41) is 8.02. The van der Waals surface area contributed by atoms with Crippen LogP contribution < -0.4 is 16.0 Å². The third-order valence-corrected chi connectivity index (χ3v) is 6.54. The van der Waals surface area contributed by atoms with Gasteiger partial charge in [0.05, 0.1) is 6.54 Å². The maximum atomic E-state index is 12.9. The molecule has 4 N–H and O–H groups in total. The highest BCUT2D eigenvalue weighted by Gasteiger charge is 2.35. The van der Waals surface area contributed by atoms with Crippen LogP contribution >= 0.6 is 0 Å². The van der Waals surface area contributed by atoms with Crippen molar-refractivity contribution < 1.29 is 19.7 Å². The molecule has 1 aromatic carbocycles. The number of hydrogen-bond donors (Lipinski definition) is 3. The Labute approximate surface area is 185 Å². The molecule has 0 aliphatic carbocycles. The average Bonchev–Trinajstić information content (AvgIpc) is 3.32. The van der Waals surface area contributed by atoms with E-state index in [2.05, 4.69) is 22.9 Å². The minimum Gasteiger partial charge on any atom is -0.344 e. The van der Waals surface area contributed by atoms with Crippen LogP contribution in [0.25, 0.3) is 0 Å². The monoisotopic (exact) mass is 429 g/mol. The van der Waals surface area contributed by atoms with E-state index in [4.69, 9.17) is 0 Å². The van der Waals surface area contributed by atoms with Crippen LogP contribution in [-0.4, -0.2) is 54.3 Å². The largest absolute Gasteiger partial charge is 0.344 e. The normalized spacial score (nSPS) is 20.5. The second-order valence-electron chi connectivity index (χ2n) is 9.14. The summed E-state index contributed by atoms with van der Waals surface area (Å²) in [6.45, 7) is 8.21. The molecule has 3 amide bonds. The lowest BCUT2D eigenvalue weighted by Crippen LogP contribution is -2.89. The molecule has 0 aromatic heterocycles. The summed E-state index contributed by atoms with van der Waals surface area (Å²) in [6.07, 6.45) is 4.29. The maximum Gasteiger partial charge on any atom is 0.280 e. The first kappa shape index (κ1) is 23.3. The molecule has 0 bridgehead atoms. The van der Waals surface area contributed by atoms with E-state index < -0.39 is 6.04 Å². The molecule has 0 unspecified atom stereocenters. The molecule has 2 fully saturated rings. The number of benzene rings is 1. The summed E-state index contributed by atoms with van der Waals surface area (Å²) in [5.74, 6) is -0.260. The fraction of sp³-hybridized carbons (Fsp3) is 0.625. The topological polar surface area (TPSA) is 95.1 Å². The van der Waals surface area contributed by atoms with Crippen molar-refractivity contribution in [3.8, 4) is 0 Å². The summed E-state index contributed by atoms with van der Waals surface area (Å²) >= 11 is 0. The van der Waals surface area contributed by atoms with Gasteiger partial charge in [0.1, 0.15) is 6.04 Å². The van der Waals surface area contributed by atoms with Gasteiger partial charge in [-0.1, -0.05) is 32.9 Å². The molecular formula is C24H37N4O3+. The number of nitrogens with two attached hydrogens (primary N) is 1. The van der Waals surface area contributed by atoms with Crippen molar-refractivity contribution >= 4 is 23.4 Å². The minimum atomic E-state index is -0.592. The van der Waals surface area contributed by atoms with Gasteiger partial charge in [0, 0.05) is 37.5 Å². The maximum absolute atomic E-state index is 12.9. The van der Waals surface area contributed by atoms with Crippen molar-refractivity contribution in [2.24, 2.45) is 11.8 Å². The predicted octanol–water partition coefficient (Wildman–Crippen LogP) is 1.29. The van der Waals surface area contributed by atoms with Crippen LogP contribution in [0.15, 0.2) is 24.3 Å². The molecular weight excluding hydrogens is 392 g/mol. The lowest BCUT2D eigenvalue weighted by atomic mass is 9.94. The van der Waals surface area contributed by atoms with Crippen molar-refractivity contribution in [2.75, 3.05) is 25.0 Å². The van der Waals surface area contributed by atoms with Crippen LogP contribution in [0.1, 0.15) is 52.0 Å². The fourth-order valence-electron chi connectivity index (χ4n) is 4.45. The summed E-state index contributed by atoms with van der Waals surface area (Å²) < 4.78 is 0. The van der Waals surface area contributed by atoms with Gasteiger partial charge >= 0.3 is 0 Å². The molecule has 3 rings (SSSR count). The van der Waals surface area contributed by atoms with Crippen molar-refractivity contribution in [3.05, 3.63) is 29.8 Å². The number of rotatable bonds is 7. The predicted molar refractivity (Wildman–Crippen MR) is 120 cm³/mol. The van der Waals surface area contributed by atoms with E-state index in [1.165, 1.54) is 5.56 Å². The van der Waals surface area contributed by atoms with Crippen molar-refractivity contribution in [1.29, 1.82) is 0 Å². The molecule has 0 radical (unpaired) electrons. The number of anilines is 1. The summed E-state index contributed by atoms with van der Waals surface area (Å²) in [4.78, 5) is 40.2. The number of hydrogen-bond acceptors (Lipinski definition) is 3. The first-order valence-electron chi connectivity index (χ1n) is 11.7. The number of amides is 3. The second-order valence-corrected chi connectivity index (χ2v) is 9.14. The van der Waals surface area contributed by atoms with Gasteiger partial charge in [0.2, 0.25) is 11.8 Å². The van der Waals surface area contributed by atoms with Gasteiger partial charge in [-0.2, -0.15) is 0 Å². The number of quaternary nitrogens is 1. The highest BCUT2D eigenvalue weighted by molar-refractivity contribution is 5.97. The molecule has 0 saturated carbocycles. The van der Waals surface area contributed by atoms with E-state index in [1.54, 1.807) is 0 Å². The van der Waals surface area contributed by atoms with Gasteiger partial charge < -0.3 is 20.9 Å². The van der Waals surface area contributed by atoms with E-state index in [9.17, 15) is 14.4 Å². The van der Waals surface area contributed by atoms with Gasteiger partial charge in [-0.15, -0.1) is 0 Å². The molecule has 31 heavy (non-hydrogen) atoms. The van der Waals surface area contributed by atoms with Gasteiger partial charge in [-0.05, 0) is 42.9 Å². The number of carbonyl (C=O) groups is 3. The molecule has 0 spiro atoms. The molecule has 2 aliphatic rings. The molecule has 7 heteroatoms. The number of aryl methyl sites for hydroxylation is 1. The van der Waals surface area contributed by atoms with Crippen LogP contribution in [0.3, 0.4) is 0 Å². The van der Waals surface area contributed by atoms with Crippen LogP contribution in [0.4, 0.5) is 5.69 Å². The molecule has 2 aliphatic heterocycles. The number of nitrogens with one attached hydrogen (secondary N) is 2. The molecule has 7 nitrogen and oxygen atoms in total. The summed E-state index contributed by atoms with van der Waals surface area (Å²) in [6, 6.07) is 7.25. The summed E-state index contributed by atoms with van der Waals surface area (Å²) in [7, 11) is 0. The highest BCUT2D eigenvalue weighted by Crippen LogP contribution is 2.20. The minimum absolute atomic E-state index is 0.0292. The lowest BCUT2D eigenvalue weighted by Gasteiger charge is -2.33. The number of carbonyl (C=O) groups excluding carboxylic acids is 3. The average molecular weight is 430 g/mol. The Morgan fingerprint density at radius 1 is 1.10 bits per heavy atom. The zero-order valence-corrected chi connectivity index (χ0v) is 19.0. The quantitative estimate of drug-likeness (QED) is 0.610. The van der Waals surface area contributed by atoms with E-state index in [-0.39, 0.29) is 35.6 Å². The second kappa shape index (κ2) is 10.8. The Kier molecular flexibility index (Phi) is 8.07. The van der Waals surface area contributed by atoms with E-state index in [0.717, 1.165) is 31.5 Å². The molecule has 1 aromatic rings. The van der Waals surface area contributed by atoms with Crippen LogP contribution in [0, 0.1) is 11.8 Å². The lowest BCUT2D eigenvalue weighted by molar-refractivity contribution is -0.658. The number of piperidine rings is 1. The van der Waals surface area contributed by atoms with Crippen molar-refractivity contribution in [1.82, 2.24) is 10.2 Å². The van der Waals surface area contributed by atoms with Gasteiger partial charge in [-0.3, -0.25) is 14.4 Å². The van der Waals surface area contributed by atoms with Gasteiger partial charge in [0.25, 0.3) is 5.91 Å². The molecule has 2 heterocycles. The Hall–Kier alpha value is -2.41. The third-order valence-electron chi connectivity index (χ3n) is 6.54. The van der Waals surface area contributed by atoms with Crippen LogP contribution in [0.2, 0.25) is 0 Å². The molecule has 170 valence electrons. The number of likely N-dealkylation sites (tertiary alicyclic amines) is 1. The van der Waals surface area contributed by atoms with Gasteiger partial charge in [-0.25, -0.2) is 0 Å². The highest BCUT2D eigenvalue weighted by atomic mass is 16.2. The molecule has 2 atom stereocenters. The zero-order valence-electron chi connectivity index (χ0n) is 19.0. The van der Waals surface area contributed by atoms with Crippen LogP contribution in [-0.2, 0) is 20.8 Å². The Morgan fingerprint density at radius 2 is 1.77 bits per heavy atom. The standard InChI is InChI=1S/C24H36N4O3/c1-4-17-7-9-19(10-8-17)26-23(30)21(16(2)3)27-22(29)18-11-14-28(15-12-18)24(31)20-6-5-13-25-20/h7-10,16,18,20-21,25H,4-6,11-15H2,1-3H3,(H,26,30)(H,27,29)/p+1/t20-,21-/m0/s1. The number of nitrogens with zero attached hydrogens (tertiary/aromatic N) is 1. The van der Waals surface area contributed by atoms with Crippen LogP contribution in [0.5, 0.6) is 0 Å². The molecule has 2 saturated heterocycles. The Balaban J connectivity index is 1.51. The fourth-order valence-corrected chi connectivity index (χ4v) is 4.45. The third kappa shape index (κ3) is 6.06. The first-order valence-corrected chi connectivity index (χ1v) is 11.7. The van der Waals surface area contributed by atoms with Crippen molar-refractivity contribution in [2.45, 2.75) is 65.0 Å². The summed E-state index contributed by atoms with van der Waals surface area (Å²) in [5.41, 5.74) is 1.94. The first-order chi connectivity index (χ1) is 14.9. The van der Waals surface area contributed by atoms with Gasteiger partial charge in [0.15, 0.2) is 6.04 Å². The SMILES string of the molecule is CCc1ccc(NC(=O)[C@@H](NC(=O)C2CCN(C(=O)[C@@H]3CCC[NH2+]3)CC2)C(C)C)cc1. The van der Waals surface area contributed by atoms with E-state index in [1.807, 2.05) is 43.0 Å². The van der Waals surface area contributed by atoms with E-state index >= 15 is 0 Å². The Morgan fingerprint density at radius 3 is 2.32 bits per heavy atom. The zero-order chi connectivity index (χ0) is 22.4.